The number of aliphatic hydroxyl groups is 1. The number of benzene rings is 1. The maximum atomic E-state index is 12.0. The molecule has 0 heterocycles. The second-order valence-corrected chi connectivity index (χ2v) is 5.57. The SMILES string of the molecule is CCCN(CCO)C(=O)NCCc1c(C)cc(C)cc1C. The van der Waals surface area contributed by atoms with Crippen molar-refractivity contribution in [1.82, 2.24) is 10.2 Å². The van der Waals surface area contributed by atoms with Crippen molar-refractivity contribution < 1.29 is 9.90 Å². The molecule has 4 nitrogen and oxygen atoms in total. The maximum absolute atomic E-state index is 12.0. The Kier molecular flexibility index (Phi) is 7.23. The molecule has 0 radical (unpaired) electrons. The summed E-state index contributed by atoms with van der Waals surface area (Å²) in [6.07, 6.45) is 1.73. The minimum atomic E-state index is -0.0895. The lowest BCUT2D eigenvalue weighted by atomic mass is 9.97. The molecule has 1 aromatic rings. The van der Waals surface area contributed by atoms with Crippen molar-refractivity contribution in [3.63, 3.8) is 0 Å². The molecular weight excluding hydrogens is 264 g/mol. The fourth-order valence-corrected chi connectivity index (χ4v) is 2.72. The molecule has 0 aliphatic heterocycles. The van der Waals surface area contributed by atoms with E-state index in [0.717, 1.165) is 12.8 Å². The molecule has 4 heteroatoms. The van der Waals surface area contributed by atoms with Crippen molar-refractivity contribution in [3.8, 4) is 0 Å². The first-order chi connectivity index (χ1) is 9.99. The lowest BCUT2D eigenvalue weighted by Crippen LogP contribution is -2.42. The predicted octanol–water partition coefficient (Wildman–Crippen LogP) is 2.57. The van der Waals surface area contributed by atoms with Crippen LogP contribution in [-0.2, 0) is 6.42 Å². The molecule has 2 N–H and O–H groups in total. The monoisotopic (exact) mass is 292 g/mol. The number of hydrogen-bond acceptors (Lipinski definition) is 2. The molecule has 0 aliphatic carbocycles. The van der Waals surface area contributed by atoms with E-state index in [1.807, 2.05) is 6.92 Å². The molecule has 0 aromatic heterocycles. The third-order valence-corrected chi connectivity index (χ3v) is 3.64. The van der Waals surface area contributed by atoms with E-state index in [4.69, 9.17) is 5.11 Å². The van der Waals surface area contributed by atoms with Crippen molar-refractivity contribution in [3.05, 3.63) is 34.4 Å². The van der Waals surface area contributed by atoms with E-state index in [1.165, 1.54) is 22.3 Å². The van der Waals surface area contributed by atoms with Gasteiger partial charge >= 0.3 is 6.03 Å². The zero-order valence-corrected chi connectivity index (χ0v) is 13.7. The van der Waals surface area contributed by atoms with Crippen LogP contribution in [0.5, 0.6) is 0 Å². The summed E-state index contributed by atoms with van der Waals surface area (Å²) in [4.78, 5) is 13.7. The average molecular weight is 292 g/mol. The van der Waals surface area contributed by atoms with Gasteiger partial charge in [0, 0.05) is 19.6 Å². The molecule has 0 saturated heterocycles. The van der Waals surface area contributed by atoms with Crippen LogP contribution < -0.4 is 5.32 Å². The van der Waals surface area contributed by atoms with Gasteiger partial charge in [-0.25, -0.2) is 4.79 Å². The van der Waals surface area contributed by atoms with Crippen molar-refractivity contribution in [2.45, 2.75) is 40.5 Å². The molecule has 21 heavy (non-hydrogen) atoms. The van der Waals surface area contributed by atoms with Crippen LogP contribution in [0.15, 0.2) is 12.1 Å². The fourth-order valence-electron chi connectivity index (χ4n) is 2.72. The maximum Gasteiger partial charge on any atom is 0.317 e. The number of carbonyl (C=O) groups is 1. The third kappa shape index (κ3) is 5.38. The van der Waals surface area contributed by atoms with E-state index in [0.29, 0.717) is 19.6 Å². The van der Waals surface area contributed by atoms with E-state index in [9.17, 15) is 4.79 Å². The number of carbonyl (C=O) groups excluding carboxylic acids is 1. The number of nitrogens with one attached hydrogen (secondary N) is 1. The molecule has 1 aromatic carbocycles. The summed E-state index contributed by atoms with van der Waals surface area (Å²) < 4.78 is 0. The highest BCUT2D eigenvalue weighted by molar-refractivity contribution is 5.74. The molecule has 0 spiro atoms. The smallest absolute Gasteiger partial charge is 0.317 e. The largest absolute Gasteiger partial charge is 0.395 e. The normalized spacial score (nSPS) is 10.5. The number of hydrogen-bond donors (Lipinski definition) is 2. The van der Waals surface area contributed by atoms with E-state index < -0.39 is 0 Å². The van der Waals surface area contributed by atoms with E-state index in [-0.39, 0.29) is 12.6 Å². The number of rotatable bonds is 7. The molecule has 2 amide bonds. The highest BCUT2D eigenvalue weighted by atomic mass is 16.3. The van der Waals surface area contributed by atoms with Gasteiger partial charge in [0.15, 0.2) is 0 Å². The first-order valence-electron chi connectivity index (χ1n) is 7.70. The first kappa shape index (κ1) is 17.5. The van der Waals surface area contributed by atoms with Gasteiger partial charge in [0.1, 0.15) is 0 Å². The van der Waals surface area contributed by atoms with Crippen molar-refractivity contribution in [2.75, 3.05) is 26.2 Å². The van der Waals surface area contributed by atoms with Crippen molar-refractivity contribution in [1.29, 1.82) is 0 Å². The van der Waals surface area contributed by atoms with Gasteiger partial charge in [0.05, 0.1) is 6.61 Å². The zero-order valence-electron chi connectivity index (χ0n) is 13.7. The highest BCUT2D eigenvalue weighted by Gasteiger charge is 2.11. The number of aliphatic hydroxyl groups excluding tert-OH is 1. The molecule has 1 rings (SSSR count). The summed E-state index contributed by atoms with van der Waals surface area (Å²) >= 11 is 0. The Labute approximate surface area is 128 Å². The minimum Gasteiger partial charge on any atom is -0.395 e. The van der Waals surface area contributed by atoms with Crippen LogP contribution in [0, 0.1) is 20.8 Å². The summed E-state index contributed by atoms with van der Waals surface area (Å²) in [5.41, 5.74) is 5.14. The Balaban J connectivity index is 2.55. The van der Waals surface area contributed by atoms with Crippen molar-refractivity contribution >= 4 is 6.03 Å². The second kappa shape index (κ2) is 8.67. The van der Waals surface area contributed by atoms with Crippen LogP contribution >= 0.6 is 0 Å². The third-order valence-electron chi connectivity index (χ3n) is 3.64. The molecule has 0 fully saturated rings. The molecule has 118 valence electrons. The van der Waals surface area contributed by atoms with Gasteiger partial charge in [-0.1, -0.05) is 24.6 Å². The van der Waals surface area contributed by atoms with Gasteiger partial charge in [-0.2, -0.15) is 0 Å². The van der Waals surface area contributed by atoms with Gasteiger partial charge in [0.25, 0.3) is 0 Å². The summed E-state index contributed by atoms with van der Waals surface area (Å²) in [7, 11) is 0. The highest BCUT2D eigenvalue weighted by Crippen LogP contribution is 2.16. The number of urea groups is 1. The Morgan fingerprint density at radius 3 is 2.33 bits per heavy atom. The molecule has 0 unspecified atom stereocenters. The molecule has 0 bridgehead atoms. The standard InChI is InChI=1S/C17H28N2O2/c1-5-8-19(9-10-20)17(21)18-7-6-16-14(3)11-13(2)12-15(16)4/h11-12,20H,5-10H2,1-4H3,(H,18,21). The lowest BCUT2D eigenvalue weighted by molar-refractivity contribution is 0.177. The average Bonchev–Trinajstić information content (AvgIpc) is 2.41. The number of nitrogens with zero attached hydrogens (tertiary/aromatic N) is 1. The Hall–Kier alpha value is -1.55. The van der Waals surface area contributed by atoms with Crippen LogP contribution in [0.2, 0.25) is 0 Å². The van der Waals surface area contributed by atoms with E-state index >= 15 is 0 Å². The Morgan fingerprint density at radius 2 is 1.81 bits per heavy atom. The Morgan fingerprint density at radius 1 is 1.19 bits per heavy atom. The van der Waals surface area contributed by atoms with Crippen LogP contribution in [0.25, 0.3) is 0 Å². The summed E-state index contributed by atoms with van der Waals surface area (Å²) in [6, 6.07) is 4.27. The molecule has 0 atom stereocenters. The topological polar surface area (TPSA) is 52.6 Å². The van der Waals surface area contributed by atoms with Gasteiger partial charge in [-0.05, 0) is 50.3 Å². The van der Waals surface area contributed by atoms with E-state index in [1.54, 1.807) is 4.90 Å². The van der Waals surface area contributed by atoms with Crippen LogP contribution in [0.4, 0.5) is 4.79 Å². The van der Waals surface area contributed by atoms with Crippen LogP contribution in [-0.4, -0.2) is 42.3 Å². The summed E-state index contributed by atoms with van der Waals surface area (Å²) in [5, 5.41) is 11.9. The zero-order chi connectivity index (χ0) is 15.8. The molecule has 0 saturated carbocycles. The van der Waals surface area contributed by atoms with Crippen molar-refractivity contribution in [2.24, 2.45) is 0 Å². The first-order valence-corrected chi connectivity index (χ1v) is 7.70. The lowest BCUT2D eigenvalue weighted by Gasteiger charge is -2.21. The number of aryl methyl sites for hydroxylation is 3. The predicted molar refractivity (Wildman–Crippen MR) is 86.7 cm³/mol. The summed E-state index contributed by atoms with van der Waals surface area (Å²) in [6.45, 7) is 10.1. The van der Waals surface area contributed by atoms with Gasteiger partial charge in [0.2, 0.25) is 0 Å². The quantitative estimate of drug-likeness (QED) is 0.811. The van der Waals surface area contributed by atoms with E-state index in [2.05, 4.69) is 38.2 Å². The van der Waals surface area contributed by atoms with Crippen LogP contribution in [0.3, 0.4) is 0 Å². The van der Waals surface area contributed by atoms with Gasteiger partial charge in [-0.15, -0.1) is 0 Å². The Bertz CT molecular complexity index is 443. The molecular formula is C17H28N2O2. The van der Waals surface area contributed by atoms with Gasteiger partial charge in [-0.3, -0.25) is 0 Å². The van der Waals surface area contributed by atoms with Crippen LogP contribution in [0.1, 0.15) is 35.6 Å². The molecule has 0 aliphatic rings. The fraction of sp³-hybridized carbons (Fsp3) is 0.588. The minimum absolute atomic E-state index is 0.00357. The number of amides is 2. The van der Waals surface area contributed by atoms with Gasteiger partial charge < -0.3 is 15.3 Å². The second-order valence-electron chi connectivity index (χ2n) is 5.57. The summed E-state index contributed by atoms with van der Waals surface area (Å²) in [5.74, 6) is 0.